The molecule has 3 rings (SSSR count). The van der Waals surface area contributed by atoms with E-state index in [1.165, 1.54) is 0 Å². The van der Waals surface area contributed by atoms with Gasteiger partial charge in [-0.05, 0) is 30.7 Å². The summed E-state index contributed by atoms with van der Waals surface area (Å²) in [5, 5.41) is 0.601. The first-order valence-electron chi connectivity index (χ1n) is 5.05. The first kappa shape index (κ1) is 9.03. The molecule has 0 fully saturated rings. The topological polar surface area (TPSA) is 49.9 Å². The molecule has 3 aromatic rings. The second-order valence-corrected chi connectivity index (χ2v) is 3.79. The van der Waals surface area contributed by atoms with E-state index in [1.807, 2.05) is 29.7 Å². The summed E-state index contributed by atoms with van der Waals surface area (Å²) in [5.74, 6) is 0. The normalized spacial score (nSPS) is 11.1. The van der Waals surface area contributed by atoms with E-state index >= 15 is 0 Å². The number of pyridine rings is 2. The summed E-state index contributed by atoms with van der Waals surface area (Å²) in [4.78, 5) is 18.9. The number of hydrogen-bond acceptors (Lipinski definition) is 2. The maximum absolute atomic E-state index is 11.8. The van der Waals surface area contributed by atoms with E-state index in [0.29, 0.717) is 11.0 Å². The highest BCUT2D eigenvalue weighted by atomic mass is 16.1. The molecule has 0 bridgehead atoms. The van der Waals surface area contributed by atoms with E-state index in [4.69, 9.17) is 0 Å². The van der Waals surface area contributed by atoms with Crippen molar-refractivity contribution in [1.82, 2.24) is 9.97 Å². The maximum atomic E-state index is 11.8. The molecule has 0 saturated carbocycles. The largest absolute Gasteiger partial charge is 0.318 e. The molecular formula is C12H10N3O+. The predicted molar refractivity (Wildman–Crippen MR) is 60.3 cm³/mol. The molecule has 3 aromatic heterocycles. The molecule has 4 nitrogen and oxygen atoms in total. The zero-order valence-corrected chi connectivity index (χ0v) is 8.77. The molecule has 0 aliphatic carbocycles. The predicted octanol–water partition coefficient (Wildman–Crippen LogP) is 0.970. The van der Waals surface area contributed by atoms with Gasteiger partial charge in [-0.15, -0.1) is 4.98 Å². The molecule has 0 saturated heterocycles. The van der Waals surface area contributed by atoms with E-state index in [9.17, 15) is 4.79 Å². The molecule has 0 spiro atoms. The fourth-order valence-electron chi connectivity index (χ4n) is 1.84. The average molecular weight is 212 g/mol. The number of aryl methyl sites for hydroxylation is 1. The monoisotopic (exact) mass is 212 g/mol. The van der Waals surface area contributed by atoms with E-state index in [0.717, 1.165) is 11.2 Å². The standard InChI is InChI=1S/C12H9N3O/c1-8-4-6-15-10(7-8)14-12(16)9-3-2-5-13-11(9)15/h2-7H,1H3/p+1. The van der Waals surface area contributed by atoms with Gasteiger partial charge in [-0.3, -0.25) is 4.79 Å². The van der Waals surface area contributed by atoms with Gasteiger partial charge in [0.25, 0.3) is 5.65 Å². The minimum atomic E-state index is -0.103. The molecule has 0 amide bonds. The molecule has 78 valence electrons. The van der Waals surface area contributed by atoms with Crippen LogP contribution in [0.5, 0.6) is 0 Å². The molecule has 1 N–H and O–H groups in total. The molecular weight excluding hydrogens is 202 g/mol. The van der Waals surface area contributed by atoms with E-state index in [1.54, 1.807) is 18.3 Å². The number of fused-ring (bicyclic) bond motifs is 3. The first-order valence-corrected chi connectivity index (χ1v) is 5.05. The average Bonchev–Trinajstić information content (AvgIpc) is 2.29. The van der Waals surface area contributed by atoms with Crippen LogP contribution in [0, 0.1) is 6.92 Å². The van der Waals surface area contributed by atoms with E-state index in [2.05, 4.69) is 9.97 Å². The Morgan fingerprint density at radius 3 is 3.12 bits per heavy atom. The lowest BCUT2D eigenvalue weighted by molar-refractivity contribution is -0.487. The van der Waals surface area contributed by atoms with Crippen molar-refractivity contribution in [3.05, 3.63) is 52.6 Å². The van der Waals surface area contributed by atoms with Crippen LogP contribution in [-0.4, -0.2) is 9.97 Å². The minimum absolute atomic E-state index is 0.103. The van der Waals surface area contributed by atoms with Gasteiger partial charge in [0.2, 0.25) is 5.65 Å². The third kappa shape index (κ3) is 1.20. The first-order chi connectivity index (χ1) is 7.75. The van der Waals surface area contributed by atoms with Crippen LogP contribution < -0.4 is 9.96 Å². The van der Waals surface area contributed by atoms with Crippen molar-refractivity contribution in [3.63, 3.8) is 0 Å². The maximum Gasteiger partial charge on any atom is 0.318 e. The molecule has 0 unspecified atom stereocenters. The summed E-state index contributed by atoms with van der Waals surface area (Å²) in [6.07, 6.45) is 3.60. The van der Waals surface area contributed by atoms with E-state index in [-0.39, 0.29) is 5.56 Å². The van der Waals surface area contributed by atoms with Crippen LogP contribution in [0.25, 0.3) is 16.7 Å². The highest BCUT2D eigenvalue weighted by Gasteiger charge is 2.11. The Morgan fingerprint density at radius 2 is 2.25 bits per heavy atom. The number of aromatic amines is 1. The van der Waals surface area contributed by atoms with Gasteiger partial charge in [0.05, 0.1) is 6.20 Å². The van der Waals surface area contributed by atoms with Crippen molar-refractivity contribution >= 4 is 16.7 Å². The van der Waals surface area contributed by atoms with E-state index < -0.39 is 0 Å². The van der Waals surface area contributed by atoms with Crippen LogP contribution in [0.2, 0.25) is 0 Å². The summed E-state index contributed by atoms with van der Waals surface area (Å²) in [5.41, 5.74) is 2.44. The lowest BCUT2D eigenvalue weighted by Crippen LogP contribution is -2.29. The van der Waals surface area contributed by atoms with Gasteiger partial charge in [-0.2, -0.15) is 0 Å². The van der Waals surface area contributed by atoms with Crippen LogP contribution in [0.3, 0.4) is 0 Å². The number of aromatic nitrogens is 3. The Balaban J connectivity index is 2.64. The Bertz CT molecular complexity index is 746. The lowest BCUT2D eigenvalue weighted by Gasteiger charge is -1.98. The molecule has 3 heterocycles. The lowest BCUT2D eigenvalue weighted by atomic mass is 10.3. The van der Waals surface area contributed by atoms with Gasteiger partial charge in [-0.1, -0.05) is 0 Å². The summed E-state index contributed by atoms with van der Waals surface area (Å²) < 4.78 is 1.88. The SMILES string of the molecule is Cc1cc[n+]2c(c1)[nH]c(=O)c1cccnc12. The molecule has 0 aliphatic heterocycles. The van der Waals surface area contributed by atoms with Gasteiger partial charge in [0.15, 0.2) is 0 Å². The quantitative estimate of drug-likeness (QED) is 0.446. The van der Waals surface area contributed by atoms with Crippen LogP contribution in [-0.2, 0) is 0 Å². The van der Waals surface area contributed by atoms with Gasteiger partial charge >= 0.3 is 5.56 Å². The van der Waals surface area contributed by atoms with Crippen molar-refractivity contribution in [1.29, 1.82) is 0 Å². The zero-order valence-electron chi connectivity index (χ0n) is 8.77. The second kappa shape index (κ2) is 3.13. The summed E-state index contributed by atoms with van der Waals surface area (Å²) in [6.45, 7) is 1.99. The van der Waals surface area contributed by atoms with Gasteiger partial charge in [0, 0.05) is 6.07 Å². The zero-order chi connectivity index (χ0) is 11.1. The summed E-state index contributed by atoms with van der Waals surface area (Å²) >= 11 is 0. The molecule has 16 heavy (non-hydrogen) atoms. The van der Waals surface area contributed by atoms with Crippen LogP contribution in [0.4, 0.5) is 0 Å². The smallest absolute Gasteiger partial charge is 0.250 e. The summed E-state index contributed by atoms with van der Waals surface area (Å²) in [6, 6.07) is 7.45. The molecule has 0 aromatic carbocycles. The van der Waals surface area contributed by atoms with Crippen molar-refractivity contribution in [2.75, 3.05) is 0 Å². The van der Waals surface area contributed by atoms with Gasteiger partial charge < -0.3 is 0 Å². The Hall–Kier alpha value is -2.23. The Labute approximate surface area is 91.2 Å². The van der Waals surface area contributed by atoms with Crippen LogP contribution in [0.1, 0.15) is 5.56 Å². The number of nitrogens with zero attached hydrogens (tertiary/aromatic N) is 2. The molecule has 0 aliphatic rings. The van der Waals surface area contributed by atoms with Crippen LogP contribution in [0.15, 0.2) is 41.5 Å². The highest BCUT2D eigenvalue weighted by Crippen LogP contribution is 2.03. The number of rotatable bonds is 0. The van der Waals surface area contributed by atoms with Gasteiger partial charge in [0.1, 0.15) is 11.6 Å². The number of hydrogen-bond donors (Lipinski definition) is 1. The highest BCUT2D eigenvalue weighted by molar-refractivity contribution is 5.71. The third-order valence-corrected chi connectivity index (χ3v) is 2.61. The number of H-pyrrole nitrogens is 1. The second-order valence-electron chi connectivity index (χ2n) is 3.79. The van der Waals surface area contributed by atoms with Crippen LogP contribution >= 0.6 is 0 Å². The minimum Gasteiger partial charge on any atom is -0.250 e. The third-order valence-electron chi connectivity index (χ3n) is 2.61. The fourth-order valence-corrected chi connectivity index (χ4v) is 1.84. The molecule has 0 radical (unpaired) electrons. The number of nitrogens with one attached hydrogen (secondary N) is 1. The molecule has 4 heteroatoms. The Morgan fingerprint density at radius 1 is 1.38 bits per heavy atom. The Kier molecular flexibility index (Phi) is 1.77. The van der Waals surface area contributed by atoms with Crippen molar-refractivity contribution in [2.45, 2.75) is 6.92 Å². The van der Waals surface area contributed by atoms with Gasteiger partial charge in [-0.25, -0.2) is 9.38 Å². The van der Waals surface area contributed by atoms with Crippen molar-refractivity contribution < 1.29 is 4.40 Å². The fraction of sp³-hybridized carbons (Fsp3) is 0.0833. The van der Waals surface area contributed by atoms with Crippen molar-refractivity contribution in [2.24, 2.45) is 0 Å². The van der Waals surface area contributed by atoms with Crippen molar-refractivity contribution in [3.8, 4) is 0 Å². The molecule has 0 atom stereocenters. The summed E-state index contributed by atoms with van der Waals surface area (Å²) in [7, 11) is 0.